The fourth-order valence-corrected chi connectivity index (χ4v) is 4.29. The molecule has 9 heteroatoms. The molecule has 6 nitrogen and oxygen atoms in total. The summed E-state index contributed by atoms with van der Waals surface area (Å²) in [6.07, 6.45) is 0.952. The number of carbonyl (C=O) groups is 1. The molecule has 2 rings (SSSR count). The van der Waals surface area contributed by atoms with E-state index >= 15 is 0 Å². The van der Waals surface area contributed by atoms with Crippen molar-refractivity contribution in [1.29, 1.82) is 0 Å². The van der Waals surface area contributed by atoms with Crippen LogP contribution in [0.2, 0.25) is 5.02 Å². The highest BCUT2D eigenvalue weighted by molar-refractivity contribution is 9.10. The van der Waals surface area contributed by atoms with Crippen LogP contribution in [0, 0.1) is 0 Å². The lowest BCUT2D eigenvalue weighted by molar-refractivity contribution is -0.133. The van der Waals surface area contributed by atoms with Gasteiger partial charge in [0.15, 0.2) is 0 Å². The van der Waals surface area contributed by atoms with Gasteiger partial charge in [0.1, 0.15) is 4.90 Å². The van der Waals surface area contributed by atoms with Crippen LogP contribution in [0.1, 0.15) is 19.8 Å². The molecule has 1 amide bonds. The third kappa shape index (κ3) is 4.90. The highest BCUT2D eigenvalue weighted by atomic mass is 79.9. The third-order valence-corrected chi connectivity index (χ3v) is 6.17. The maximum atomic E-state index is 12.2. The number of rotatable bonds is 4. The van der Waals surface area contributed by atoms with Gasteiger partial charge in [0, 0.05) is 17.6 Å². The summed E-state index contributed by atoms with van der Waals surface area (Å²) >= 11 is 9.14. The van der Waals surface area contributed by atoms with Gasteiger partial charge in [-0.2, -0.15) is 0 Å². The number of hydrogen-bond acceptors (Lipinski definition) is 4. The van der Waals surface area contributed by atoms with Crippen LogP contribution in [-0.2, 0) is 14.8 Å². The second-order valence-electron chi connectivity index (χ2n) is 5.78. The summed E-state index contributed by atoms with van der Waals surface area (Å²) in [6.45, 7) is 2.21. The summed E-state index contributed by atoms with van der Waals surface area (Å²) < 4.78 is 27.4. The van der Waals surface area contributed by atoms with Crippen LogP contribution in [0.25, 0.3) is 0 Å². The summed E-state index contributed by atoms with van der Waals surface area (Å²) in [7, 11) is -3.86. The Labute approximate surface area is 149 Å². The number of piperidine rings is 1. The van der Waals surface area contributed by atoms with Crippen LogP contribution < -0.4 is 4.72 Å². The molecule has 2 N–H and O–H groups in total. The number of carbonyl (C=O) groups excluding carboxylic acids is 1. The first-order valence-corrected chi connectivity index (χ1v) is 9.71. The average molecular weight is 426 g/mol. The van der Waals surface area contributed by atoms with Crippen LogP contribution in [0.15, 0.2) is 27.6 Å². The highest BCUT2D eigenvalue weighted by Crippen LogP contribution is 2.25. The second-order valence-corrected chi connectivity index (χ2v) is 8.84. The molecule has 0 atom stereocenters. The Balaban J connectivity index is 1.98. The van der Waals surface area contributed by atoms with Crippen LogP contribution in [0.4, 0.5) is 0 Å². The topological polar surface area (TPSA) is 86.7 Å². The Morgan fingerprint density at radius 2 is 2.04 bits per heavy atom. The number of nitrogens with zero attached hydrogens (tertiary/aromatic N) is 1. The van der Waals surface area contributed by atoms with Gasteiger partial charge in [-0.25, -0.2) is 13.1 Å². The van der Waals surface area contributed by atoms with E-state index in [1.807, 2.05) is 0 Å². The lowest BCUT2D eigenvalue weighted by Gasteiger charge is -2.35. The fraction of sp³-hybridized carbons (Fsp3) is 0.500. The maximum absolute atomic E-state index is 12.2. The highest BCUT2D eigenvalue weighted by Gasteiger charge is 2.30. The summed E-state index contributed by atoms with van der Waals surface area (Å²) in [6, 6.07) is 4.41. The number of nitrogens with one attached hydrogen (secondary N) is 1. The van der Waals surface area contributed by atoms with E-state index in [0.717, 1.165) is 0 Å². The fourth-order valence-electron chi connectivity index (χ4n) is 2.28. The lowest BCUT2D eigenvalue weighted by Crippen LogP contribution is -2.48. The SMILES string of the molecule is CC1(O)CCN(C(=O)CNS(=O)(=O)c2ccc(Br)cc2Cl)CC1. The van der Waals surface area contributed by atoms with Gasteiger partial charge < -0.3 is 10.0 Å². The van der Waals surface area contributed by atoms with Gasteiger partial charge in [0.25, 0.3) is 0 Å². The molecule has 0 saturated carbocycles. The van der Waals surface area contributed by atoms with Gasteiger partial charge in [0.05, 0.1) is 17.2 Å². The maximum Gasteiger partial charge on any atom is 0.242 e. The predicted octanol–water partition coefficient (Wildman–Crippen LogP) is 1.75. The van der Waals surface area contributed by atoms with E-state index in [2.05, 4.69) is 20.7 Å². The van der Waals surface area contributed by atoms with Crippen LogP contribution in [-0.4, -0.2) is 49.6 Å². The van der Waals surface area contributed by atoms with E-state index < -0.39 is 15.6 Å². The minimum atomic E-state index is -3.86. The average Bonchev–Trinajstić information content (AvgIpc) is 2.44. The van der Waals surface area contributed by atoms with E-state index in [1.165, 1.54) is 12.1 Å². The summed E-state index contributed by atoms with van der Waals surface area (Å²) in [5.41, 5.74) is -0.763. The van der Waals surface area contributed by atoms with Crippen LogP contribution in [0.5, 0.6) is 0 Å². The zero-order valence-electron chi connectivity index (χ0n) is 12.6. The number of halogens is 2. The van der Waals surface area contributed by atoms with Crippen molar-refractivity contribution in [3.05, 3.63) is 27.7 Å². The van der Waals surface area contributed by atoms with Gasteiger partial charge in [-0.15, -0.1) is 0 Å². The lowest BCUT2D eigenvalue weighted by atomic mass is 9.94. The Bertz CT molecular complexity index is 699. The first-order chi connectivity index (χ1) is 10.6. The molecular weight excluding hydrogens is 408 g/mol. The number of benzene rings is 1. The molecule has 1 heterocycles. The third-order valence-electron chi connectivity index (χ3n) is 3.79. The van der Waals surface area contributed by atoms with E-state index in [-0.39, 0.29) is 22.4 Å². The monoisotopic (exact) mass is 424 g/mol. The second kappa shape index (κ2) is 7.06. The van der Waals surface area contributed by atoms with Crippen molar-refractivity contribution in [3.63, 3.8) is 0 Å². The number of sulfonamides is 1. The standard InChI is InChI=1S/C14H18BrClN2O4S/c1-14(20)4-6-18(7-5-14)13(19)9-17-23(21,22)12-3-2-10(15)8-11(12)16/h2-3,8,17,20H,4-7,9H2,1H3. The Hall–Kier alpha value is -0.670. The van der Waals surface area contributed by atoms with Crippen molar-refractivity contribution in [2.24, 2.45) is 0 Å². The van der Waals surface area contributed by atoms with Crippen molar-refractivity contribution >= 4 is 43.5 Å². The molecule has 23 heavy (non-hydrogen) atoms. The first kappa shape index (κ1) is 18.7. The molecule has 0 unspecified atom stereocenters. The molecule has 0 spiro atoms. The largest absolute Gasteiger partial charge is 0.390 e. The summed E-state index contributed by atoms with van der Waals surface area (Å²) in [5, 5.41) is 9.94. The van der Waals surface area contributed by atoms with Gasteiger partial charge in [0.2, 0.25) is 15.9 Å². The van der Waals surface area contributed by atoms with Crippen molar-refractivity contribution in [2.45, 2.75) is 30.3 Å². The molecule has 1 saturated heterocycles. The number of likely N-dealkylation sites (tertiary alicyclic amines) is 1. The molecule has 1 aromatic carbocycles. The molecule has 0 bridgehead atoms. The Kier molecular flexibility index (Phi) is 5.73. The number of hydrogen-bond donors (Lipinski definition) is 2. The molecule has 0 aromatic heterocycles. The van der Waals surface area contributed by atoms with Gasteiger partial charge in [-0.1, -0.05) is 27.5 Å². The molecule has 1 aliphatic rings. The summed E-state index contributed by atoms with van der Waals surface area (Å²) in [4.78, 5) is 13.6. The van der Waals surface area contributed by atoms with E-state index in [0.29, 0.717) is 30.4 Å². The molecule has 0 radical (unpaired) electrons. The molecule has 0 aliphatic carbocycles. The zero-order valence-corrected chi connectivity index (χ0v) is 15.7. The molecular formula is C14H18BrClN2O4S. The first-order valence-electron chi connectivity index (χ1n) is 7.06. The van der Waals surface area contributed by atoms with E-state index in [9.17, 15) is 18.3 Å². The van der Waals surface area contributed by atoms with Crippen molar-refractivity contribution < 1.29 is 18.3 Å². The molecule has 1 aliphatic heterocycles. The predicted molar refractivity (Wildman–Crippen MR) is 90.8 cm³/mol. The molecule has 1 aromatic rings. The van der Waals surface area contributed by atoms with Crippen LogP contribution in [0.3, 0.4) is 0 Å². The minimum Gasteiger partial charge on any atom is -0.390 e. The quantitative estimate of drug-likeness (QED) is 0.769. The van der Waals surface area contributed by atoms with Crippen LogP contribution >= 0.6 is 27.5 Å². The van der Waals surface area contributed by atoms with Gasteiger partial charge in [-0.3, -0.25) is 4.79 Å². The van der Waals surface area contributed by atoms with Gasteiger partial charge >= 0.3 is 0 Å². The Morgan fingerprint density at radius 1 is 1.43 bits per heavy atom. The molecule has 1 fully saturated rings. The number of aliphatic hydroxyl groups is 1. The molecule has 128 valence electrons. The minimum absolute atomic E-state index is 0.0725. The van der Waals surface area contributed by atoms with Crippen molar-refractivity contribution in [2.75, 3.05) is 19.6 Å². The van der Waals surface area contributed by atoms with E-state index in [1.54, 1.807) is 17.9 Å². The van der Waals surface area contributed by atoms with Crippen molar-refractivity contribution in [3.8, 4) is 0 Å². The zero-order chi connectivity index (χ0) is 17.3. The van der Waals surface area contributed by atoms with E-state index in [4.69, 9.17) is 11.6 Å². The van der Waals surface area contributed by atoms with Gasteiger partial charge in [-0.05, 0) is 38.0 Å². The smallest absolute Gasteiger partial charge is 0.242 e. The van der Waals surface area contributed by atoms with Crippen molar-refractivity contribution in [1.82, 2.24) is 9.62 Å². The Morgan fingerprint density at radius 3 is 2.61 bits per heavy atom. The normalized spacial score (nSPS) is 18.0. The summed E-state index contributed by atoms with van der Waals surface area (Å²) in [5.74, 6) is -0.322. The number of amides is 1.